The Labute approximate surface area is 140 Å². The van der Waals surface area contributed by atoms with E-state index in [1.807, 2.05) is 17.4 Å². The maximum absolute atomic E-state index is 11.0. The first-order valence-electron chi connectivity index (χ1n) is 7.93. The highest BCUT2D eigenvalue weighted by Gasteiger charge is 2.31. The minimum Gasteiger partial charge on any atom is -0.544 e. The third kappa shape index (κ3) is 3.98. The van der Waals surface area contributed by atoms with Gasteiger partial charge in [0.2, 0.25) is 0 Å². The number of aliphatic carboxylic acids is 1. The van der Waals surface area contributed by atoms with Gasteiger partial charge in [0.15, 0.2) is 5.37 Å². The summed E-state index contributed by atoms with van der Waals surface area (Å²) in [5, 5.41) is 13.0. The number of nitrogens with one attached hydrogen (secondary N) is 1. The van der Waals surface area contributed by atoms with Gasteiger partial charge in [-0.05, 0) is 18.2 Å². The van der Waals surface area contributed by atoms with Gasteiger partial charge in [0.05, 0.1) is 26.1 Å². The molecule has 2 fully saturated rings. The molecule has 1 aromatic carbocycles. The molecule has 2 heterocycles. The van der Waals surface area contributed by atoms with Crippen LogP contribution in [0.25, 0.3) is 0 Å². The number of thioether (sulfide) groups is 1. The van der Waals surface area contributed by atoms with Crippen LogP contribution in [-0.4, -0.2) is 51.2 Å². The first-order chi connectivity index (χ1) is 11.2. The molecule has 2 aliphatic heterocycles. The van der Waals surface area contributed by atoms with Crippen LogP contribution in [0.1, 0.15) is 16.5 Å². The van der Waals surface area contributed by atoms with Gasteiger partial charge >= 0.3 is 0 Å². The van der Waals surface area contributed by atoms with E-state index in [2.05, 4.69) is 6.07 Å². The van der Waals surface area contributed by atoms with Crippen molar-refractivity contribution in [2.45, 2.75) is 18.0 Å². The molecule has 3 N–H and O–H groups in total. The van der Waals surface area contributed by atoms with Crippen molar-refractivity contribution in [2.75, 3.05) is 39.2 Å². The summed E-state index contributed by atoms with van der Waals surface area (Å²) in [5.74, 6) is 0.502. The molecule has 0 saturated carbocycles. The van der Waals surface area contributed by atoms with Crippen molar-refractivity contribution >= 4 is 17.7 Å². The topological polar surface area (TPSA) is 79.6 Å². The second-order valence-corrected chi connectivity index (χ2v) is 7.16. The average Bonchev–Trinajstić information content (AvgIpc) is 3.06. The summed E-state index contributed by atoms with van der Waals surface area (Å²) in [6.45, 7) is 4.52. The molecule has 2 aliphatic rings. The number of carboxylic acid groups (broad SMARTS) is 1. The first kappa shape index (κ1) is 16.6. The highest BCUT2D eigenvalue weighted by atomic mass is 32.2. The van der Waals surface area contributed by atoms with E-state index in [0.29, 0.717) is 5.75 Å². The van der Waals surface area contributed by atoms with Gasteiger partial charge in [0, 0.05) is 11.1 Å². The Kier molecular flexibility index (Phi) is 5.42. The van der Waals surface area contributed by atoms with Crippen molar-refractivity contribution in [3.63, 3.8) is 0 Å². The van der Waals surface area contributed by atoms with E-state index in [4.69, 9.17) is 9.47 Å². The van der Waals surface area contributed by atoms with Crippen LogP contribution in [0.3, 0.4) is 0 Å². The van der Waals surface area contributed by atoms with Crippen LogP contribution < -0.4 is 20.1 Å². The molecule has 0 bridgehead atoms. The molecule has 0 unspecified atom stereocenters. The molecule has 23 heavy (non-hydrogen) atoms. The average molecular weight is 339 g/mol. The number of hydrogen-bond donors (Lipinski definition) is 2. The lowest BCUT2D eigenvalue weighted by atomic mass is 10.1. The van der Waals surface area contributed by atoms with E-state index >= 15 is 0 Å². The molecule has 7 heteroatoms. The standard InChI is InChI=1S/C16H22N2O4S/c1-21-14-3-2-11(15-17-13(10-23-15)16(19)20)8-12(14)9-18-4-6-22-7-5-18/h2-3,8,13,15,17H,4-7,9-10H2,1H3,(H,19,20)/p+1/t13-,15+/m1/s1. The van der Waals surface area contributed by atoms with Crippen LogP contribution in [-0.2, 0) is 16.1 Å². The number of quaternary nitrogens is 2. The molecular weight excluding hydrogens is 316 g/mol. The number of hydrogen-bond acceptors (Lipinski definition) is 5. The molecule has 0 aliphatic carbocycles. The van der Waals surface area contributed by atoms with Crippen LogP contribution in [0.2, 0.25) is 0 Å². The van der Waals surface area contributed by atoms with Crippen LogP contribution in [0, 0.1) is 0 Å². The highest BCUT2D eigenvalue weighted by molar-refractivity contribution is 7.99. The molecule has 1 aromatic rings. The SMILES string of the molecule is COc1ccc([C@H]2[NH2+][C@@H](C(=O)[O-])CS2)cc1C[NH+]1CCOCC1. The Morgan fingerprint density at radius 2 is 2.26 bits per heavy atom. The minimum absolute atomic E-state index is 0.113. The summed E-state index contributed by atoms with van der Waals surface area (Å²) >= 11 is 1.66. The smallest absolute Gasteiger partial charge is 0.159 e. The number of benzene rings is 1. The fourth-order valence-electron chi connectivity index (χ4n) is 3.10. The molecule has 2 saturated heterocycles. The fourth-order valence-corrected chi connectivity index (χ4v) is 4.40. The number of ether oxygens (including phenoxy) is 2. The molecule has 0 aromatic heterocycles. The lowest BCUT2D eigenvalue weighted by molar-refractivity contribution is -0.921. The second-order valence-electron chi connectivity index (χ2n) is 5.98. The fraction of sp³-hybridized carbons (Fsp3) is 0.562. The van der Waals surface area contributed by atoms with Crippen LogP contribution in [0.4, 0.5) is 0 Å². The molecule has 0 radical (unpaired) electrons. The predicted molar refractivity (Wildman–Crippen MR) is 84.1 cm³/mol. The second kappa shape index (κ2) is 7.53. The number of morpholine rings is 1. The van der Waals surface area contributed by atoms with Crippen molar-refractivity contribution in [1.82, 2.24) is 0 Å². The van der Waals surface area contributed by atoms with E-state index in [-0.39, 0.29) is 5.37 Å². The Bertz CT molecular complexity index is 563. The lowest BCUT2D eigenvalue weighted by Gasteiger charge is -2.24. The van der Waals surface area contributed by atoms with Crippen molar-refractivity contribution in [3.8, 4) is 5.75 Å². The largest absolute Gasteiger partial charge is 0.544 e. The van der Waals surface area contributed by atoms with Gasteiger partial charge in [-0.2, -0.15) is 0 Å². The Hall–Kier alpha value is -1.28. The third-order valence-corrected chi connectivity index (χ3v) is 5.78. The highest BCUT2D eigenvalue weighted by Crippen LogP contribution is 2.30. The van der Waals surface area contributed by atoms with Gasteiger partial charge in [-0.25, -0.2) is 0 Å². The molecule has 126 valence electrons. The number of carbonyl (C=O) groups excluding carboxylic acids is 1. The number of carbonyl (C=O) groups is 1. The normalized spacial score (nSPS) is 25.4. The molecular formula is C16H23N2O4S+. The maximum atomic E-state index is 11.0. The van der Waals surface area contributed by atoms with Gasteiger partial charge < -0.3 is 29.6 Å². The monoisotopic (exact) mass is 339 g/mol. The van der Waals surface area contributed by atoms with E-state index in [1.54, 1.807) is 18.9 Å². The molecule has 0 spiro atoms. The summed E-state index contributed by atoms with van der Waals surface area (Å²) in [5.41, 5.74) is 2.31. The van der Waals surface area contributed by atoms with E-state index in [1.165, 1.54) is 10.5 Å². The molecule has 2 atom stereocenters. The zero-order valence-corrected chi connectivity index (χ0v) is 14.1. The summed E-state index contributed by atoms with van der Waals surface area (Å²) in [7, 11) is 1.69. The van der Waals surface area contributed by atoms with Crippen LogP contribution in [0.15, 0.2) is 18.2 Å². The summed E-state index contributed by atoms with van der Waals surface area (Å²) in [4.78, 5) is 12.5. The number of nitrogens with two attached hydrogens (primary N) is 1. The number of carboxylic acids is 1. The summed E-state index contributed by atoms with van der Waals surface area (Å²) in [6, 6.07) is 5.72. The van der Waals surface area contributed by atoms with Crippen molar-refractivity contribution in [2.24, 2.45) is 0 Å². The van der Waals surface area contributed by atoms with Crippen LogP contribution >= 0.6 is 11.8 Å². The first-order valence-corrected chi connectivity index (χ1v) is 8.98. The van der Waals surface area contributed by atoms with Crippen LogP contribution in [0.5, 0.6) is 5.75 Å². The lowest BCUT2D eigenvalue weighted by Crippen LogP contribution is -3.12. The van der Waals surface area contributed by atoms with Gasteiger partial charge in [0.1, 0.15) is 37.4 Å². The quantitative estimate of drug-likeness (QED) is 0.622. The van der Waals surface area contributed by atoms with E-state index < -0.39 is 12.0 Å². The number of methoxy groups -OCH3 is 1. The predicted octanol–water partition coefficient (Wildman–Crippen LogP) is -2.46. The van der Waals surface area contributed by atoms with Crippen molar-refractivity contribution in [3.05, 3.63) is 29.3 Å². The zero-order valence-electron chi connectivity index (χ0n) is 13.2. The van der Waals surface area contributed by atoms with Gasteiger partial charge in [-0.15, -0.1) is 0 Å². The molecule has 6 nitrogen and oxygen atoms in total. The van der Waals surface area contributed by atoms with Gasteiger partial charge in [-0.1, -0.05) is 11.8 Å². The summed E-state index contributed by atoms with van der Waals surface area (Å²) < 4.78 is 10.9. The zero-order chi connectivity index (χ0) is 16.2. The van der Waals surface area contributed by atoms with Crippen molar-refractivity contribution < 1.29 is 29.6 Å². The maximum Gasteiger partial charge on any atom is 0.159 e. The van der Waals surface area contributed by atoms with Gasteiger partial charge in [0.25, 0.3) is 0 Å². The Morgan fingerprint density at radius 3 is 2.91 bits per heavy atom. The Morgan fingerprint density at radius 1 is 1.48 bits per heavy atom. The van der Waals surface area contributed by atoms with E-state index in [9.17, 15) is 9.90 Å². The van der Waals surface area contributed by atoms with Gasteiger partial charge in [-0.3, -0.25) is 0 Å². The Balaban J connectivity index is 1.74. The van der Waals surface area contributed by atoms with E-state index in [0.717, 1.165) is 44.2 Å². The molecule has 0 amide bonds. The van der Waals surface area contributed by atoms with Crippen molar-refractivity contribution in [1.29, 1.82) is 0 Å². The number of rotatable bonds is 5. The third-order valence-electron chi connectivity index (χ3n) is 4.44. The minimum atomic E-state index is -0.980. The summed E-state index contributed by atoms with van der Waals surface area (Å²) in [6.07, 6.45) is 0. The molecule has 3 rings (SSSR count).